The fraction of sp³-hybridized carbons (Fsp3) is 0.625. The molecule has 0 aromatic carbocycles. The molecule has 0 amide bonds. The molecule has 1 aromatic rings. The fourth-order valence-corrected chi connectivity index (χ4v) is 1.98. The van der Waals surface area contributed by atoms with Crippen molar-refractivity contribution >= 4 is 11.6 Å². The van der Waals surface area contributed by atoms with Crippen molar-refractivity contribution in [3.63, 3.8) is 0 Å². The van der Waals surface area contributed by atoms with Crippen LogP contribution in [0, 0.1) is 0 Å². The molecular formula is C8H12ClN3. The predicted molar refractivity (Wildman–Crippen MR) is 48.3 cm³/mol. The van der Waals surface area contributed by atoms with E-state index in [1.54, 1.807) is 6.20 Å². The number of fused-ring (bicyclic) bond motifs is 1. The summed E-state index contributed by atoms with van der Waals surface area (Å²) in [4.78, 5) is 4.26. The van der Waals surface area contributed by atoms with Gasteiger partial charge in [-0.3, -0.25) is 0 Å². The molecule has 1 aromatic heterocycles. The number of imidazole rings is 1. The van der Waals surface area contributed by atoms with Gasteiger partial charge in [0.05, 0.1) is 6.20 Å². The van der Waals surface area contributed by atoms with Crippen LogP contribution in [0.1, 0.15) is 24.6 Å². The molecule has 1 atom stereocenters. The van der Waals surface area contributed by atoms with Gasteiger partial charge in [-0.15, -0.1) is 0 Å². The number of hydrogen-bond acceptors (Lipinski definition) is 2. The Kier molecular flexibility index (Phi) is 2.07. The minimum Gasteiger partial charge on any atom is -0.330 e. The van der Waals surface area contributed by atoms with Crippen molar-refractivity contribution in [2.45, 2.75) is 25.3 Å². The van der Waals surface area contributed by atoms with Crippen molar-refractivity contribution in [2.24, 2.45) is 5.73 Å². The highest BCUT2D eigenvalue weighted by Crippen LogP contribution is 2.27. The zero-order valence-corrected chi connectivity index (χ0v) is 7.59. The second kappa shape index (κ2) is 3.07. The summed E-state index contributed by atoms with van der Waals surface area (Å²) in [5.41, 5.74) is 5.63. The average Bonchev–Trinajstić information content (AvgIpc) is 2.48. The Bertz CT molecular complexity index is 282. The lowest BCUT2D eigenvalue weighted by Crippen LogP contribution is -2.22. The summed E-state index contributed by atoms with van der Waals surface area (Å²) in [7, 11) is 0. The third-order valence-electron chi connectivity index (χ3n) is 2.42. The van der Waals surface area contributed by atoms with E-state index < -0.39 is 0 Å². The highest BCUT2D eigenvalue weighted by molar-refractivity contribution is 6.29. The van der Waals surface area contributed by atoms with Gasteiger partial charge in [-0.2, -0.15) is 0 Å². The highest BCUT2D eigenvalue weighted by Gasteiger charge is 2.21. The van der Waals surface area contributed by atoms with Crippen molar-refractivity contribution in [3.05, 3.63) is 17.2 Å². The van der Waals surface area contributed by atoms with Crippen molar-refractivity contribution in [1.82, 2.24) is 9.55 Å². The summed E-state index contributed by atoms with van der Waals surface area (Å²) >= 11 is 5.94. The van der Waals surface area contributed by atoms with Gasteiger partial charge in [0.15, 0.2) is 0 Å². The van der Waals surface area contributed by atoms with E-state index in [0.29, 0.717) is 12.5 Å². The number of hydrogen-bond donors (Lipinski definition) is 1. The zero-order valence-electron chi connectivity index (χ0n) is 6.83. The van der Waals surface area contributed by atoms with Crippen LogP contribution in [0.3, 0.4) is 0 Å². The Labute approximate surface area is 76.5 Å². The molecule has 1 unspecified atom stereocenters. The van der Waals surface area contributed by atoms with E-state index in [0.717, 1.165) is 30.4 Å². The first-order chi connectivity index (χ1) is 5.83. The molecule has 66 valence electrons. The van der Waals surface area contributed by atoms with E-state index in [4.69, 9.17) is 17.3 Å². The standard InChI is InChI=1S/C8H12ClN3/c9-7-5-11-8-6(4-10)2-1-3-12(7)8/h5-6H,1-4,10H2. The first kappa shape index (κ1) is 8.08. The highest BCUT2D eigenvalue weighted by atomic mass is 35.5. The summed E-state index contributed by atoms with van der Waals surface area (Å²) < 4.78 is 2.06. The number of aromatic nitrogens is 2. The van der Waals surface area contributed by atoms with Crippen LogP contribution in [-0.4, -0.2) is 16.1 Å². The third kappa shape index (κ3) is 1.13. The normalized spacial score (nSPS) is 22.3. The Morgan fingerprint density at radius 2 is 2.58 bits per heavy atom. The van der Waals surface area contributed by atoms with Gasteiger partial charge in [-0.1, -0.05) is 11.6 Å². The molecule has 2 heterocycles. The van der Waals surface area contributed by atoms with E-state index in [-0.39, 0.29) is 0 Å². The third-order valence-corrected chi connectivity index (χ3v) is 2.72. The molecule has 0 spiro atoms. The lowest BCUT2D eigenvalue weighted by Gasteiger charge is -2.22. The summed E-state index contributed by atoms with van der Waals surface area (Å²) in [6.07, 6.45) is 4.01. The molecule has 0 bridgehead atoms. The number of nitrogens with two attached hydrogens (primary N) is 1. The van der Waals surface area contributed by atoms with Gasteiger partial charge < -0.3 is 10.3 Å². The SMILES string of the molecule is NCC1CCCn2c(Cl)cnc21. The molecule has 0 fully saturated rings. The minimum absolute atomic E-state index is 0.409. The van der Waals surface area contributed by atoms with Gasteiger partial charge in [-0.05, 0) is 12.8 Å². The van der Waals surface area contributed by atoms with Crippen LogP contribution >= 0.6 is 11.6 Å². The molecule has 4 heteroatoms. The number of halogens is 1. The summed E-state index contributed by atoms with van der Waals surface area (Å²) in [5, 5.41) is 0.739. The van der Waals surface area contributed by atoms with Crippen molar-refractivity contribution in [3.8, 4) is 0 Å². The number of rotatable bonds is 1. The molecule has 1 aliphatic heterocycles. The zero-order chi connectivity index (χ0) is 8.55. The fourth-order valence-electron chi connectivity index (χ4n) is 1.76. The van der Waals surface area contributed by atoms with Gasteiger partial charge >= 0.3 is 0 Å². The van der Waals surface area contributed by atoms with E-state index in [9.17, 15) is 0 Å². The Morgan fingerprint density at radius 1 is 1.75 bits per heavy atom. The van der Waals surface area contributed by atoms with Crippen LogP contribution in [0.15, 0.2) is 6.20 Å². The van der Waals surface area contributed by atoms with Gasteiger partial charge in [-0.25, -0.2) is 4.98 Å². The van der Waals surface area contributed by atoms with Crippen LogP contribution < -0.4 is 5.73 Å². The largest absolute Gasteiger partial charge is 0.330 e. The van der Waals surface area contributed by atoms with Crippen LogP contribution in [0.25, 0.3) is 0 Å². The van der Waals surface area contributed by atoms with Crippen molar-refractivity contribution < 1.29 is 0 Å². The first-order valence-corrected chi connectivity index (χ1v) is 4.61. The van der Waals surface area contributed by atoms with Crippen LogP contribution in [-0.2, 0) is 6.54 Å². The van der Waals surface area contributed by atoms with E-state index in [1.807, 2.05) is 0 Å². The quantitative estimate of drug-likeness (QED) is 0.719. The number of nitrogens with zero attached hydrogens (tertiary/aromatic N) is 2. The van der Waals surface area contributed by atoms with E-state index in [1.165, 1.54) is 0 Å². The summed E-state index contributed by atoms with van der Waals surface area (Å²) in [5.74, 6) is 1.47. The molecule has 1 aliphatic rings. The lowest BCUT2D eigenvalue weighted by atomic mass is 9.99. The van der Waals surface area contributed by atoms with E-state index >= 15 is 0 Å². The van der Waals surface area contributed by atoms with Gasteiger partial charge in [0.1, 0.15) is 11.0 Å². The Morgan fingerprint density at radius 3 is 3.33 bits per heavy atom. The lowest BCUT2D eigenvalue weighted by molar-refractivity contribution is 0.448. The topological polar surface area (TPSA) is 43.8 Å². The molecular weight excluding hydrogens is 174 g/mol. The van der Waals surface area contributed by atoms with Crippen molar-refractivity contribution in [2.75, 3.05) is 6.54 Å². The predicted octanol–water partition coefficient (Wildman–Crippen LogP) is 1.37. The van der Waals surface area contributed by atoms with Crippen LogP contribution in [0.2, 0.25) is 5.15 Å². The van der Waals surface area contributed by atoms with Crippen LogP contribution in [0.4, 0.5) is 0 Å². The monoisotopic (exact) mass is 185 g/mol. The molecule has 0 aliphatic carbocycles. The second-order valence-corrected chi connectivity index (χ2v) is 3.55. The van der Waals surface area contributed by atoms with Crippen molar-refractivity contribution in [1.29, 1.82) is 0 Å². The Hall–Kier alpha value is -0.540. The first-order valence-electron chi connectivity index (χ1n) is 4.24. The van der Waals surface area contributed by atoms with Gasteiger partial charge in [0, 0.05) is 19.0 Å². The smallest absolute Gasteiger partial charge is 0.128 e. The molecule has 0 radical (unpaired) electrons. The van der Waals surface area contributed by atoms with Gasteiger partial charge in [0.25, 0.3) is 0 Å². The molecule has 2 N–H and O–H groups in total. The maximum absolute atomic E-state index is 5.94. The Balaban J connectivity index is 2.38. The van der Waals surface area contributed by atoms with E-state index in [2.05, 4.69) is 9.55 Å². The molecule has 0 saturated heterocycles. The second-order valence-electron chi connectivity index (χ2n) is 3.17. The van der Waals surface area contributed by atoms with Crippen LogP contribution in [0.5, 0.6) is 0 Å². The molecule has 12 heavy (non-hydrogen) atoms. The maximum atomic E-state index is 5.94. The maximum Gasteiger partial charge on any atom is 0.128 e. The molecule has 3 nitrogen and oxygen atoms in total. The summed E-state index contributed by atoms with van der Waals surface area (Å²) in [6, 6.07) is 0. The summed E-state index contributed by atoms with van der Waals surface area (Å²) in [6.45, 7) is 1.66. The molecule has 2 rings (SSSR count). The average molecular weight is 186 g/mol. The minimum atomic E-state index is 0.409. The molecule has 0 saturated carbocycles. The van der Waals surface area contributed by atoms with Gasteiger partial charge in [0.2, 0.25) is 0 Å².